The molecule has 2 unspecified atom stereocenters. The quantitative estimate of drug-likeness (QED) is 0.639. The van der Waals surface area contributed by atoms with Gasteiger partial charge in [0.15, 0.2) is 0 Å². The molecule has 2 heterocycles. The molecule has 0 saturated heterocycles. The Morgan fingerprint density at radius 2 is 2.00 bits per heavy atom. The van der Waals surface area contributed by atoms with Crippen molar-refractivity contribution in [3.8, 4) is 5.75 Å². The number of benzene rings is 2. The number of hydrogen-bond acceptors (Lipinski definition) is 4. The van der Waals surface area contributed by atoms with Gasteiger partial charge in [-0.3, -0.25) is 0 Å². The van der Waals surface area contributed by atoms with E-state index >= 15 is 0 Å². The Balaban J connectivity index is 1.65. The van der Waals surface area contributed by atoms with E-state index in [2.05, 4.69) is 10.1 Å². The summed E-state index contributed by atoms with van der Waals surface area (Å²) in [6, 6.07) is 15.3. The van der Waals surface area contributed by atoms with Crippen molar-refractivity contribution in [2.45, 2.75) is 25.7 Å². The highest BCUT2D eigenvalue weighted by Gasteiger charge is 2.34. The average molecular weight is 368 g/mol. The van der Waals surface area contributed by atoms with E-state index in [-0.39, 0.29) is 12.1 Å². The van der Waals surface area contributed by atoms with Crippen LogP contribution in [-0.4, -0.2) is 21.4 Å². The number of halogens is 1. The molecule has 26 heavy (non-hydrogen) atoms. The molecule has 3 aromatic rings. The summed E-state index contributed by atoms with van der Waals surface area (Å²) in [7, 11) is 0. The third-order valence-corrected chi connectivity index (χ3v) is 4.61. The zero-order valence-electron chi connectivity index (χ0n) is 14.2. The Hall–Kier alpha value is -2.79. The molecule has 1 aromatic heterocycles. The Bertz CT molecular complexity index is 907. The van der Waals surface area contributed by atoms with Crippen LogP contribution >= 0.6 is 11.6 Å². The van der Waals surface area contributed by atoms with Gasteiger partial charge in [0.05, 0.1) is 6.33 Å². The third-order valence-electron chi connectivity index (χ3n) is 4.35. The Kier molecular flexibility index (Phi) is 4.63. The van der Waals surface area contributed by atoms with E-state index in [1.54, 1.807) is 12.5 Å². The van der Waals surface area contributed by atoms with Gasteiger partial charge in [0, 0.05) is 23.0 Å². The second-order valence-electron chi connectivity index (χ2n) is 6.15. The van der Waals surface area contributed by atoms with Gasteiger partial charge in [-0.15, -0.1) is 0 Å². The third kappa shape index (κ3) is 3.30. The molecule has 132 valence electrons. The molecule has 0 radical (unpaired) electrons. The first-order chi connectivity index (χ1) is 12.7. The molecular formula is C20H18ClN3O2. The molecule has 6 heteroatoms. The Labute approximate surface area is 156 Å². The van der Waals surface area contributed by atoms with Gasteiger partial charge in [0.25, 0.3) is 0 Å². The first-order valence-electron chi connectivity index (χ1n) is 8.40. The first kappa shape index (κ1) is 16.7. The van der Waals surface area contributed by atoms with Crippen LogP contribution in [0.3, 0.4) is 0 Å². The van der Waals surface area contributed by atoms with Gasteiger partial charge in [0.2, 0.25) is 0 Å². The van der Waals surface area contributed by atoms with Crippen LogP contribution in [0.5, 0.6) is 5.75 Å². The zero-order chi connectivity index (χ0) is 17.9. The molecule has 0 fully saturated rings. The molecule has 5 nitrogen and oxygen atoms in total. The molecule has 0 aliphatic carbocycles. The van der Waals surface area contributed by atoms with Gasteiger partial charge in [0.1, 0.15) is 30.2 Å². The summed E-state index contributed by atoms with van der Waals surface area (Å²) in [5.41, 5.74) is 2.76. The van der Waals surface area contributed by atoms with E-state index in [1.807, 2.05) is 66.2 Å². The first-order valence-corrected chi connectivity index (χ1v) is 8.78. The molecule has 4 rings (SSSR count). The number of imidazole rings is 1. The molecule has 0 saturated carbocycles. The summed E-state index contributed by atoms with van der Waals surface area (Å²) in [6.45, 7) is 2.39. The van der Waals surface area contributed by atoms with E-state index in [1.165, 1.54) is 0 Å². The van der Waals surface area contributed by atoms with Crippen LogP contribution in [0.1, 0.15) is 24.1 Å². The summed E-state index contributed by atoms with van der Waals surface area (Å²) in [5.74, 6) is 0.810. The lowest BCUT2D eigenvalue weighted by Gasteiger charge is -2.33. The minimum Gasteiger partial charge on any atom is -0.487 e. The highest BCUT2D eigenvalue weighted by Crippen LogP contribution is 2.34. The molecular weight excluding hydrogens is 350 g/mol. The van der Waals surface area contributed by atoms with Crippen molar-refractivity contribution in [2.75, 3.05) is 0 Å². The van der Waals surface area contributed by atoms with Crippen molar-refractivity contribution in [2.24, 2.45) is 5.16 Å². The number of ether oxygens (including phenoxy) is 1. The minimum atomic E-state index is -0.113. The van der Waals surface area contributed by atoms with Crippen LogP contribution in [0.2, 0.25) is 5.02 Å². The number of fused-ring (bicyclic) bond motifs is 1. The van der Waals surface area contributed by atoms with Crippen LogP contribution < -0.4 is 4.74 Å². The van der Waals surface area contributed by atoms with Crippen LogP contribution in [0.4, 0.5) is 0 Å². The number of rotatable bonds is 4. The predicted octanol–water partition coefficient (Wildman–Crippen LogP) is 4.48. The highest BCUT2D eigenvalue weighted by molar-refractivity contribution is 6.30. The monoisotopic (exact) mass is 367 g/mol. The Morgan fingerprint density at radius 3 is 2.77 bits per heavy atom. The van der Waals surface area contributed by atoms with E-state index in [0.29, 0.717) is 11.6 Å². The summed E-state index contributed by atoms with van der Waals surface area (Å²) >= 11 is 5.92. The summed E-state index contributed by atoms with van der Waals surface area (Å²) in [4.78, 5) is 9.85. The van der Waals surface area contributed by atoms with Crippen molar-refractivity contribution in [3.05, 3.63) is 83.4 Å². The van der Waals surface area contributed by atoms with Gasteiger partial charge in [-0.25, -0.2) is 4.98 Å². The molecule has 1 aliphatic heterocycles. The molecule has 0 amide bonds. The predicted molar refractivity (Wildman–Crippen MR) is 101 cm³/mol. The van der Waals surface area contributed by atoms with Gasteiger partial charge >= 0.3 is 0 Å². The second-order valence-corrected chi connectivity index (χ2v) is 6.59. The smallest absolute Gasteiger partial charge is 0.142 e. The topological polar surface area (TPSA) is 48.6 Å². The van der Waals surface area contributed by atoms with Gasteiger partial charge in [-0.2, -0.15) is 0 Å². The van der Waals surface area contributed by atoms with Crippen molar-refractivity contribution < 1.29 is 9.57 Å². The van der Waals surface area contributed by atoms with Crippen LogP contribution in [-0.2, 0) is 11.4 Å². The zero-order valence-corrected chi connectivity index (χ0v) is 15.0. The minimum absolute atomic E-state index is 0.100. The van der Waals surface area contributed by atoms with Crippen LogP contribution in [0.15, 0.2) is 72.4 Å². The number of nitrogens with zero attached hydrogens (tertiary/aromatic N) is 3. The molecule has 0 bridgehead atoms. The summed E-state index contributed by atoms with van der Waals surface area (Å²) < 4.78 is 8.07. The molecule has 2 aromatic carbocycles. The summed E-state index contributed by atoms with van der Waals surface area (Å²) in [6.07, 6.45) is 5.33. The fourth-order valence-corrected chi connectivity index (χ4v) is 3.23. The maximum Gasteiger partial charge on any atom is 0.142 e. The lowest BCUT2D eigenvalue weighted by atomic mass is 9.95. The van der Waals surface area contributed by atoms with Gasteiger partial charge < -0.3 is 14.1 Å². The number of aromatic nitrogens is 2. The lowest BCUT2D eigenvalue weighted by Crippen LogP contribution is -2.37. The van der Waals surface area contributed by atoms with Crippen molar-refractivity contribution in [1.29, 1.82) is 0 Å². The van der Waals surface area contributed by atoms with E-state index < -0.39 is 0 Å². The fourth-order valence-electron chi connectivity index (χ4n) is 3.11. The standard InChI is InChI=1S/C20H18ClN3O2/c1-14-20(24-11-10-22-13-24)19(17-4-2-3-5-18(17)26-14)23-25-12-15-6-8-16(21)9-7-15/h2-11,13-14,20H,12H2,1H3/b23-19-. The van der Waals surface area contributed by atoms with E-state index in [4.69, 9.17) is 21.2 Å². The van der Waals surface area contributed by atoms with Crippen molar-refractivity contribution >= 4 is 17.3 Å². The normalized spacial score (nSPS) is 20.5. The van der Waals surface area contributed by atoms with E-state index in [9.17, 15) is 0 Å². The Morgan fingerprint density at radius 1 is 1.19 bits per heavy atom. The number of para-hydroxylation sites is 1. The second kappa shape index (κ2) is 7.22. The molecule has 0 spiro atoms. The maximum absolute atomic E-state index is 6.08. The maximum atomic E-state index is 6.08. The fraction of sp³-hybridized carbons (Fsp3) is 0.200. The molecule has 2 atom stereocenters. The van der Waals surface area contributed by atoms with Crippen molar-refractivity contribution in [1.82, 2.24) is 9.55 Å². The summed E-state index contributed by atoms with van der Waals surface area (Å²) in [5, 5.41) is 5.19. The van der Waals surface area contributed by atoms with Gasteiger partial charge in [-0.1, -0.05) is 41.0 Å². The number of hydrogen-bond donors (Lipinski definition) is 0. The lowest BCUT2D eigenvalue weighted by molar-refractivity contribution is 0.122. The largest absolute Gasteiger partial charge is 0.487 e. The van der Waals surface area contributed by atoms with Gasteiger partial charge in [-0.05, 0) is 36.8 Å². The van der Waals surface area contributed by atoms with Crippen molar-refractivity contribution in [3.63, 3.8) is 0 Å². The van der Waals surface area contributed by atoms with Crippen LogP contribution in [0, 0.1) is 0 Å². The average Bonchev–Trinajstić information content (AvgIpc) is 3.17. The SMILES string of the molecule is CC1Oc2ccccc2/C(=N/OCc2ccc(Cl)cc2)C1n1ccnc1. The van der Waals surface area contributed by atoms with Crippen LogP contribution in [0.25, 0.3) is 0 Å². The molecule has 0 N–H and O–H groups in total. The van der Waals surface area contributed by atoms with E-state index in [0.717, 1.165) is 22.6 Å². The highest BCUT2D eigenvalue weighted by atomic mass is 35.5. The number of oxime groups is 1. The molecule has 1 aliphatic rings.